The molecular weight excluding hydrogens is 126 g/mol. The molecule has 0 bridgehead atoms. The van der Waals surface area contributed by atoms with Gasteiger partial charge in [-0.05, 0) is 25.7 Å². The fraction of sp³-hybridized carbons (Fsp3) is 1.00. The maximum absolute atomic E-state index is 5.90. The summed E-state index contributed by atoms with van der Waals surface area (Å²) >= 11 is 0. The van der Waals surface area contributed by atoms with Crippen LogP contribution in [0.4, 0.5) is 0 Å². The van der Waals surface area contributed by atoms with Crippen molar-refractivity contribution < 1.29 is 4.74 Å². The van der Waals surface area contributed by atoms with Gasteiger partial charge >= 0.3 is 0 Å². The molecule has 0 aliphatic carbocycles. The summed E-state index contributed by atoms with van der Waals surface area (Å²) in [5.41, 5.74) is 5.90. The van der Waals surface area contributed by atoms with Crippen LogP contribution in [-0.2, 0) is 4.74 Å². The normalized spacial score (nSPS) is 41.7. The van der Waals surface area contributed by atoms with Gasteiger partial charge < -0.3 is 10.5 Å². The molecule has 0 aromatic heterocycles. The van der Waals surface area contributed by atoms with Gasteiger partial charge in [-0.15, -0.1) is 0 Å². The quantitative estimate of drug-likeness (QED) is 0.597. The zero-order valence-electron chi connectivity index (χ0n) is 6.84. The van der Waals surface area contributed by atoms with Crippen LogP contribution in [0, 0.1) is 5.92 Å². The second kappa shape index (κ2) is 3.35. The van der Waals surface area contributed by atoms with E-state index in [1.54, 1.807) is 0 Å². The molecule has 1 heterocycles. The highest BCUT2D eigenvalue weighted by atomic mass is 16.5. The molecule has 1 fully saturated rings. The van der Waals surface area contributed by atoms with Gasteiger partial charge in [-0.3, -0.25) is 0 Å². The summed E-state index contributed by atoms with van der Waals surface area (Å²) in [7, 11) is 0. The SMILES string of the molecule is CC[C@H]1C(N)CCO[C@@H]1C. The summed E-state index contributed by atoms with van der Waals surface area (Å²) in [4.78, 5) is 0. The molecule has 2 heteroatoms. The van der Waals surface area contributed by atoms with Crippen molar-refractivity contribution in [1.82, 2.24) is 0 Å². The number of rotatable bonds is 1. The monoisotopic (exact) mass is 143 g/mol. The summed E-state index contributed by atoms with van der Waals surface area (Å²) in [6.45, 7) is 5.14. The molecule has 3 atom stereocenters. The Morgan fingerprint density at radius 2 is 2.30 bits per heavy atom. The first-order valence-corrected chi connectivity index (χ1v) is 4.13. The summed E-state index contributed by atoms with van der Waals surface area (Å²) in [5.74, 6) is 0.578. The number of hydrogen-bond acceptors (Lipinski definition) is 2. The standard InChI is InChI=1S/C8H17NO/c1-3-7-6(2)10-5-4-8(7)9/h6-8H,3-5,9H2,1-2H3/t6-,7-,8?/m1/s1. The molecule has 1 unspecified atom stereocenters. The second-order valence-corrected chi connectivity index (χ2v) is 3.10. The lowest BCUT2D eigenvalue weighted by Crippen LogP contribution is -2.43. The molecule has 0 radical (unpaired) electrons. The third-order valence-electron chi connectivity index (χ3n) is 2.46. The molecule has 1 rings (SSSR count). The molecule has 0 aromatic carbocycles. The van der Waals surface area contributed by atoms with Crippen LogP contribution in [0.2, 0.25) is 0 Å². The van der Waals surface area contributed by atoms with Crippen molar-refractivity contribution in [1.29, 1.82) is 0 Å². The van der Waals surface area contributed by atoms with Crippen molar-refractivity contribution in [2.45, 2.75) is 38.8 Å². The summed E-state index contributed by atoms with van der Waals surface area (Å²) in [5, 5.41) is 0. The summed E-state index contributed by atoms with van der Waals surface area (Å²) in [6, 6.07) is 0.369. The predicted molar refractivity (Wildman–Crippen MR) is 41.8 cm³/mol. The Bertz CT molecular complexity index is 95.4. The Balaban J connectivity index is 2.45. The van der Waals surface area contributed by atoms with Gasteiger partial charge in [-0.1, -0.05) is 6.92 Å². The van der Waals surface area contributed by atoms with E-state index < -0.39 is 0 Å². The van der Waals surface area contributed by atoms with Crippen LogP contribution in [-0.4, -0.2) is 18.8 Å². The molecule has 2 nitrogen and oxygen atoms in total. The van der Waals surface area contributed by atoms with Crippen molar-refractivity contribution >= 4 is 0 Å². The zero-order valence-corrected chi connectivity index (χ0v) is 6.84. The Morgan fingerprint density at radius 1 is 1.60 bits per heavy atom. The van der Waals surface area contributed by atoms with E-state index in [4.69, 9.17) is 10.5 Å². The predicted octanol–water partition coefficient (Wildman–Crippen LogP) is 1.15. The van der Waals surface area contributed by atoms with Gasteiger partial charge in [0.05, 0.1) is 6.10 Å². The largest absolute Gasteiger partial charge is 0.378 e. The van der Waals surface area contributed by atoms with E-state index in [0.29, 0.717) is 18.1 Å². The molecule has 60 valence electrons. The lowest BCUT2D eigenvalue weighted by Gasteiger charge is -2.33. The van der Waals surface area contributed by atoms with Crippen LogP contribution in [0.3, 0.4) is 0 Å². The minimum Gasteiger partial charge on any atom is -0.378 e. The van der Waals surface area contributed by atoms with E-state index in [2.05, 4.69) is 13.8 Å². The van der Waals surface area contributed by atoms with Crippen molar-refractivity contribution in [3.05, 3.63) is 0 Å². The van der Waals surface area contributed by atoms with Crippen LogP contribution in [0.1, 0.15) is 26.7 Å². The molecule has 0 aromatic rings. The molecule has 0 spiro atoms. The van der Waals surface area contributed by atoms with Crippen molar-refractivity contribution in [2.75, 3.05) is 6.61 Å². The van der Waals surface area contributed by atoms with Crippen LogP contribution in [0.15, 0.2) is 0 Å². The fourth-order valence-corrected chi connectivity index (χ4v) is 1.71. The van der Waals surface area contributed by atoms with Gasteiger partial charge in [-0.25, -0.2) is 0 Å². The number of nitrogens with two attached hydrogens (primary N) is 1. The maximum atomic E-state index is 5.90. The van der Waals surface area contributed by atoms with E-state index in [9.17, 15) is 0 Å². The van der Waals surface area contributed by atoms with Gasteiger partial charge in [0.1, 0.15) is 0 Å². The first-order chi connectivity index (χ1) is 4.75. The maximum Gasteiger partial charge on any atom is 0.0589 e. The summed E-state index contributed by atoms with van der Waals surface area (Å²) < 4.78 is 5.47. The average Bonchev–Trinajstić information content (AvgIpc) is 1.88. The molecule has 1 aliphatic rings. The third kappa shape index (κ3) is 1.50. The Morgan fingerprint density at radius 3 is 2.70 bits per heavy atom. The number of hydrogen-bond donors (Lipinski definition) is 1. The van der Waals surface area contributed by atoms with Gasteiger partial charge in [0.15, 0.2) is 0 Å². The van der Waals surface area contributed by atoms with Gasteiger partial charge in [0, 0.05) is 12.6 Å². The van der Waals surface area contributed by atoms with Crippen molar-refractivity contribution in [2.24, 2.45) is 11.7 Å². The second-order valence-electron chi connectivity index (χ2n) is 3.10. The van der Waals surface area contributed by atoms with Crippen molar-refractivity contribution in [3.63, 3.8) is 0 Å². The van der Waals surface area contributed by atoms with Gasteiger partial charge in [0.25, 0.3) is 0 Å². The minimum absolute atomic E-state index is 0.369. The van der Waals surface area contributed by atoms with E-state index in [-0.39, 0.29) is 0 Å². The van der Waals surface area contributed by atoms with Crippen LogP contribution in [0.5, 0.6) is 0 Å². The highest BCUT2D eigenvalue weighted by Gasteiger charge is 2.26. The smallest absolute Gasteiger partial charge is 0.0589 e. The molecule has 0 amide bonds. The molecule has 0 saturated carbocycles. The van der Waals surface area contributed by atoms with E-state index >= 15 is 0 Å². The first kappa shape index (κ1) is 8.02. The van der Waals surface area contributed by atoms with E-state index in [0.717, 1.165) is 19.4 Å². The number of ether oxygens (including phenoxy) is 1. The third-order valence-corrected chi connectivity index (χ3v) is 2.46. The molecule has 1 aliphatic heterocycles. The van der Waals surface area contributed by atoms with E-state index in [1.807, 2.05) is 0 Å². The fourth-order valence-electron chi connectivity index (χ4n) is 1.71. The van der Waals surface area contributed by atoms with Gasteiger partial charge in [0.2, 0.25) is 0 Å². The molecule has 10 heavy (non-hydrogen) atoms. The molecular formula is C8H17NO. The molecule has 2 N–H and O–H groups in total. The average molecular weight is 143 g/mol. The zero-order chi connectivity index (χ0) is 7.56. The van der Waals surface area contributed by atoms with Crippen LogP contribution >= 0.6 is 0 Å². The first-order valence-electron chi connectivity index (χ1n) is 4.13. The Labute approximate surface area is 62.7 Å². The lowest BCUT2D eigenvalue weighted by molar-refractivity contribution is -0.0258. The van der Waals surface area contributed by atoms with Crippen molar-refractivity contribution in [3.8, 4) is 0 Å². The molecule has 1 saturated heterocycles. The highest BCUT2D eigenvalue weighted by Crippen LogP contribution is 2.21. The topological polar surface area (TPSA) is 35.2 Å². The lowest BCUT2D eigenvalue weighted by atomic mass is 9.88. The summed E-state index contributed by atoms with van der Waals surface area (Å²) in [6.07, 6.45) is 2.54. The Hall–Kier alpha value is -0.0800. The van der Waals surface area contributed by atoms with Gasteiger partial charge in [-0.2, -0.15) is 0 Å². The van der Waals surface area contributed by atoms with Crippen LogP contribution in [0.25, 0.3) is 0 Å². The van der Waals surface area contributed by atoms with Crippen LogP contribution < -0.4 is 5.73 Å². The Kier molecular flexibility index (Phi) is 2.69. The highest BCUT2D eigenvalue weighted by molar-refractivity contribution is 4.80. The van der Waals surface area contributed by atoms with E-state index in [1.165, 1.54) is 0 Å². The minimum atomic E-state index is 0.369.